The van der Waals surface area contributed by atoms with Crippen molar-refractivity contribution in [1.29, 1.82) is 0 Å². The molecule has 0 atom stereocenters. The summed E-state index contributed by atoms with van der Waals surface area (Å²) in [5.41, 5.74) is 1.78. The van der Waals surface area contributed by atoms with E-state index >= 15 is 0 Å². The van der Waals surface area contributed by atoms with E-state index in [1.54, 1.807) is 4.90 Å². The minimum absolute atomic E-state index is 0.0735. The first-order valence-electron chi connectivity index (χ1n) is 10.2. The van der Waals surface area contributed by atoms with Crippen molar-refractivity contribution in [3.05, 3.63) is 23.5 Å². The number of fused-ring (bicyclic) bond motifs is 1. The minimum atomic E-state index is -0.0735. The second kappa shape index (κ2) is 8.46. The zero-order valence-corrected chi connectivity index (χ0v) is 17.0. The number of morpholine rings is 1. The van der Waals surface area contributed by atoms with Crippen molar-refractivity contribution in [2.45, 2.75) is 19.8 Å². The van der Waals surface area contributed by atoms with E-state index in [4.69, 9.17) is 9.26 Å². The SMILES string of the molecule is CC(C)c1noc2ncc(C(=O)N3CCN(C(=O)CN4CCOCC4)CC3)cc12. The summed E-state index contributed by atoms with van der Waals surface area (Å²) in [5, 5.41) is 4.85. The Labute approximate surface area is 169 Å². The number of amides is 2. The maximum Gasteiger partial charge on any atom is 0.257 e. The van der Waals surface area contributed by atoms with Crippen LogP contribution in [0.2, 0.25) is 0 Å². The molecule has 0 spiro atoms. The summed E-state index contributed by atoms with van der Waals surface area (Å²) in [6, 6.07) is 1.81. The van der Waals surface area contributed by atoms with Gasteiger partial charge >= 0.3 is 0 Å². The van der Waals surface area contributed by atoms with Gasteiger partial charge in [0.1, 0.15) is 0 Å². The third-order valence-corrected chi connectivity index (χ3v) is 5.53. The highest BCUT2D eigenvalue weighted by Gasteiger charge is 2.27. The van der Waals surface area contributed by atoms with Crippen LogP contribution in [0.1, 0.15) is 35.8 Å². The molecule has 4 heterocycles. The molecule has 0 radical (unpaired) electrons. The highest BCUT2D eigenvalue weighted by molar-refractivity contribution is 5.97. The van der Waals surface area contributed by atoms with Gasteiger partial charge in [0, 0.05) is 45.5 Å². The molecule has 2 aromatic rings. The lowest BCUT2D eigenvalue weighted by atomic mass is 10.1. The summed E-state index contributed by atoms with van der Waals surface area (Å²) < 4.78 is 10.6. The topological polar surface area (TPSA) is 92.0 Å². The number of nitrogens with zero attached hydrogens (tertiary/aromatic N) is 5. The lowest BCUT2D eigenvalue weighted by Gasteiger charge is -2.36. The first-order chi connectivity index (χ1) is 14.0. The van der Waals surface area contributed by atoms with E-state index in [1.165, 1.54) is 6.20 Å². The van der Waals surface area contributed by atoms with Gasteiger partial charge in [-0.25, -0.2) is 4.98 Å². The van der Waals surface area contributed by atoms with Gasteiger partial charge in [-0.05, 0) is 12.0 Å². The molecule has 2 aliphatic heterocycles. The first-order valence-corrected chi connectivity index (χ1v) is 10.2. The van der Waals surface area contributed by atoms with Crippen molar-refractivity contribution in [2.75, 3.05) is 59.0 Å². The Morgan fingerprint density at radius 2 is 1.76 bits per heavy atom. The van der Waals surface area contributed by atoms with E-state index in [-0.39, 0.29) is 17.7 Å². The normalized spacial score (nSPS) is 18.6. The molecule has 2 fully saturated rings. The summed E-state index contributed by atoms with van der Waals surface area (Å²) >= 11 is 0. The number of aromatic nitrogens is 2. The number of carbonyl (C=O) groups excluding carboxylic acids is 2. The van der Waals surface area contributed by atoms with Gasteiger partial charge in [0.05, 0.1) is 36.4 Å². The molecule has 29 heavy (non-hydrogen) atoms. The fourth-order valence-electron chi connectivity index (χ4n) is 3.78. The summed E-state index contributed by atoms with van der Waals surface area (Å²) in [4.78, 5) is 35.5. The summed E-state index contributed by atoms with van der Waals surface area (Å²) in [7, 11) is 0. The van der Waals surface area contributed by atoms with Gasteiger partial charge in [-0.3, -0.25) is 14.5 Å². The van der Waals surface area contributed by atoms with Crippen molar-refractivity contribution in [1.82, 2.24) is 24.8 Å². The second-order valence-electron chi connectivity index (χ2n) is 7.86. The average Bonchev–Trinajstić information content (AvgIpc) is 3.17. The highest BCUT2D eigenvalue weighted by atomic mass is 16.5. The average molecular weight is 401 g/mol. The number of hydrogen-bond donors (Lipinski definition) is 0. The van der Waals surface area contributed by atoms with Gasteiger partial charge in [0.15, 0.2) is 0 Å². The van der Waals surface area contributed by atoms with Gasteiger partial charge in [-0.15, -0.1) is 0 Å². The number of hydrogen-bond acceptors (Lipinski definition) is 7. The van der Waals surface area contributed by atoms with Gasteiger partial charge in [-0.1, -0.05) is 19.0 Å². The largest absolute Gasteiger partial charge is 0.379 e. The van der Waals surface area contributed by atoms with Crippen molar-refractivity contribution >= 4 is 22.9 Å². The van der Waals surface area contributed by atoms with E-state index < -0.39 is 0 Å². The van der Waals surface area contributed by atoms with Crippen LogP contribution >= 0.6 is 0 Å². The van der Waals surface area contributed by atoms with Gasteiger partial charge < -0.3 is 19.1 Å². The molecule has 9 heteroatoms. The smallest absolute Gasteiger partial charge is 0.257 e. The molecule has 4 rings (SSSR count). The Balaban J connectivity index is 1.37. The predicted octanol–water partition coefficient (Wildman–Crippen LogP) is 0.963. The highest BCUT2D eigenvalue weighted by Crippen LogP contribution is 2.24. The van der Waals surface area contributed by atoms with Crippen LogP contribution in [-0.2, 0) is 9.53 Å². The summed E-state index contributed by atoms with van der Waals surface area (Å²) in [6.45, 7) is 9.56. The Morgan fingerprint density at radius 3 is 2.45 bits per heavy atom. The van der Waals surface area contributed by atoms with E-state index in [1.807, 2.05) is 24.8 Å². The quantitative estimate of drug-likeness (QED) is 0.754. The Kier molecular flexibility index (Phi) is 5.77. The minimum Gasteiger partial charge on any atom is -0.379 e. The maximum atomic E-state index is 12.9. The number of pyridine rings is 1. The number of rotatable bonds is 4. The molecule has 2 saturated heterocycles. The second-order valence-corrected chi connectivity index (χ2v) is 7.86. The van der Waals surface area contributed by atoms with Crippen LogP contribution in [0.15, 0.2) is 16.8 Å². The van der Waals surface area contributed by atoms with Crippen LogP contribution in [0.5, 0.6) is 0 Å². The molecule has 9 nitrogen and oxygen atoms in total. The molecule has 2 amide bonds. The van der Waals surface area contributed by atoms with E-state index in [2.05, 4.69) is 15.0 Å². The fourth-order valence-corrected chi connectivity index (χ4v) is 3.78. The maximum absolute atomic E-state index is 12.9. The molecule has 0 unspecified atom stereocenters. The van der Waals surface area contributed by atoms with Crippen LogP contribution in [0, 0.1) is 0 Å². The van der Waals surface area contributed by atoms with E-state index in [0.717, 1.165) is 24.2 Å². The first kappa shape index (κ1) is 19.8. The van der Waals surface area contributed by atoms with E-state index in [0.29, 0.717) is 57.2 Å². The van der Waals surface area contributed by atoms with Crippen LogP contribution in [0.25, 0.3) is 11.1 Å². The van der Waals surface area contributed by atoms with Crippen molar-refractivity contribution in [3.8, 4) is 0 Å². The molecule has 0 bridgehead atoms. The Morgan fingerprint density at radius 1 is 1.07 bits per heavy atom. The predicted molar refractivity (Wildman–Crippen MR) is 106 cm³/mol. The zero-order chi connectivity index (χ0) is 20.4. The molecule has 156 valence electrons. The molecule has 0 aromatic carbocycles. The molecular weight excluding hydrogens is 374 g/mol. The standard InChI is InChI=1S/C20H27N5O4/c1-14(2)18-16-11-15(12-21-19(16)29-22-18)20(27)25-5-3-24(4-6-25)17(26)13-23-7-9-28-10-8-23/h11-12,14H,3-10,13H2,1-2H3. The molecule has 0 aliphatic carbocycles. The molecule has 0 N–H and O–H groups in total. The Bertz CT molecular complexity index is 882. The summed E-state index contributed by atoms with van der Waals surface area (Å²) in [6.07, 6.45) is 1.54. The monoisotopic (exact) mass is 401 g/mol. The van der Waals surface area contributed by atoms with Crippen LogP contribution in [-0.4, -0.2) is 95.7 Å². The molecule has 0 saturated carbocycles. The fraction of sp³-hybridized carbons (Fsp3) is 0.600. The molecule has 2 aromatic heterocycles. The number of carbonyl (C=O) groups is 2. The van der Waals surface area contributed by atoms with Gasteiger partial charge in [-0.2, -0.15) is 0 Å². The lowest BCUT2D eigenvalue weighted by molar-refractivity contribution is -0.134. The van der Waals surface area contributed by atoms with Gasteiger partial charge in [0.2, 0.25) is 5.91 Å². The molecular formula is C20H27N5O4. The lowest BCUT2D eigenvalue weighted by Crippen LogP contribution is -2.53. The third-order valence-electron chi connectivity index (χ3n) is 5.53. The van der Waals surface area contributed by atoms with Crippen molar-refractivity contribution in [2.24, 2.45) is 0 Å². The van der Waals surface area contributed by atoms with E-state index in [9.17, 15) is 9.59 Å². The van der Waals surface area contributed by atoms with Crippen LogP contribution in [0.4, 0.5) is 0 Å². The van der Waals surface area contributed by atoms with Crippen molar-refractivity contribution in [3.63, 3.8) is 0 Å². The third kappa shape index (κ3) is 4.25. The van der Waals surface area contributed by atoms with Crippen molar-refractivity contribution < 1.29 is 18.8 Å². The van der Waals surface area contributed by atoms with Crippen LogP contribution < -0.4 is 0 Å². The molecule has 2 aliphatic rings. The summed E-state index contributed by atoms with van der Waals surface area (Å²) in [5.74, 6) is 0.230. The Hall–Kier alpha value is -2.52. The number of ether oxygens (including phenoxy) is 1. The zero-order valence-electron chi connectivity index (χ0n) is 17.0. The van der Waals surface area contributed by atoms with Gasteiger partial charge in [0.25, 0.3) is 11.6 Å². The number of piperazine rings is 1. The van der Waals surface area contributed by atoms with Crippen LogP contribution in [0.3, 0.4) is 0 Å².